The van der Waals surface area contributed by atoms with Crippen LogP contribution in [0.4, 0.5) is 0 Å². The maximum atomic E-state index is 10.4. The largest absolute Gasteiger partial charge is 0.466 e. The number of rotatable bonds is 11. The Balaban J connectivity index is -0.000000167. The molecule has 185 valence electrons. The number of hydrogen-bond donors (Lipinski definition) is 0. The van der Waals surface area contributed by atoms with Crippen molar-refractivity contribution in [2.75, 3.05) is 26.4 Å². The molecular formula is C21H37O10Zr. The van der Waals surface area contributed by atoms with Crippen molar-refractivity contribution in [3.63, 3.8) is 0 Å². The van der Waals surface area contributed by atoms with Crippen molar-refractivity contribution in [1.29, 1.82) is 0 Å². The van der Waals surface area contributed by atoms with Gasteiger partial charge in [-0.05, 0) is 41.5 Å². The molecule has 32 heavy (non-hydrogen) atoms. The first-order valence-corrected chi connectivity index (χ1v) is 11.1. The first-order valence-electron chi connectivity index (χ1n) is 10.1. The second kappa shape index (κ2) is 29.3. The molecule has 0 unspecified atom stereocenters. The molecule has 0 aromatic heterocycles. The average molecular weight is 541 g/mol. The zero-order valence-corrected chi connectivity index (χ0v) is 22.7. The van der Waals surface area contributed by atoms with Crippen molar-refractivity contribution in [2.45, 2.75) is 74.1 Å². The van der Waals surface area contributed by atoms with Gasteiger partial charge in [0.15, 0.2) is 0 Å². The second-order valence-electron chi connectivity index (χ2n) is 5.90. The van der Waals surface area contributed by atoms with Crippen LogP contribution in [0.15, 0.2) is 0 Å². The Morgan fingerprint density at radius 3 is 0.906 bits per heavy atom. The monoisotopic (exact) mass is 539 g/mol. The summed E-state index contributed by atoms with van der Waals surface area (Å²) in [7, 11) is 0. The van der Waals surface area contributed by atoms with E-state index in [4.69, 9.17) is 2.81 Å². The zero-order chi connectivity index (χ0) is 25.9. The third-order valence-corrected chi connectivity index (χ3v) is 2.90. The smallest absolute Gasteiger partial charge is 0.313 e. The Morgan fingerprint density at radius 1 is 0.562 bits per heavy atom. The van der Waals surface area contributed by atoms with Crippen LogP contribution in [-0.2, 0) is 71.0 Å². The first kappa shape index (κ1) is 37.6. The topological polar surface area (TPSA) is 139 Å². The van der Waals surface area contributed by atoms with Gasteiger partial charge in [-0.1, -0.05) is 0 Å². The van der Waals surface area contributed by atoms with Gasteiger partial charge in [-0.25, -0.2) is 0 Å². The summed E-state index contributed by atoms with van der Waals surface area (Å²) in [6.45, 7) is 13.2. The van der Waals surface area contributed by atoms with Gasteiger partial charge >= 0.3 is 65.8 Å². The minimum Gasteiger partial charge on any atom is -0.466 e. The number of Topliss-reactive ketones (excluding diaryl/α,β-unsaturated/α-hetero) is 3. The van der Waals surface area contributed by atoms with Crippen molar-refractivity contribution in [3.05, 3.63) is 0 Å². The van der Waals surface area contributed by atoms with Crippen molar-refractivity contribution in [3.8, 4) is 0 Å². The van der Waals surface area contributed by atoms with Crippen LogP contribution in [0.25, 0.3) is 0 Å². The molecule has 0 spiro atoms. The molecule has 0 saturated carbocycles. The fraction of sp³-hybridized carbons (Fsp3) is 0.714. The van der Waals surface area contributed by atoms with Crippen LogP contribution >= 0.6 is 0 Å². The minimum atomic E-state index is -0.440. The number of ether oxygens (including phenoxy) is 3. The van der Waals surface area contributed by atoms with Gasteiger partial charge in [-0.3, -0.25) is 28.8 Å². The van der Waals surface area contributed by atoms with Crippen molar-refractivity contribution < 1.29 is 71.0 Å². The van der Waals surface area contributed by atoms with Gasteiger partial charge < -0.3 is 14.2 Å². The number of esters is 3. The molecule has 0 amide bonds. The molecule has 0 bridgehead atoms. The molecule has 10 nitrogen and oxygen atoms in total. The standard InChI is InChI=1S/3C6H10O3.C3H7O.Zr/c3*1-3-9-6(8)4-5(2)7;1-2-3-4;/h3*3-4H2,1-2H3;2-3H2,1H3;/q;;;-1;+1. The SMILES string of the molecule is CCC[O][Zr].CCOC(=O)CC(C)=O.CCOC(=O)CC(C)=O.CCOC(=O)CC(C)=O. The molecule has 0 saturated heterocycles. The van der Waals surface area contributed by atoms with Crippen molar-refractivity contribution >= 4 is 35.3 Å². The molecule has 0 aromatic carbocycles. The number of carbonyl (C=O) groups excluding carboxylic acids is 6. The van der Waals surface area contributed by atoms with Gasteiger partial charge in [-0.15, -0.1) is 0 Å². The maximum absolute atomic E-state index is 10.4. The Labute approximate surface area is 206 Å². The van der Waals surface area contributed by atoms with Crippen LogP contribution < -0.4 is 0 Å². The van der Waals surface area contributed by atoms with Gasteiger partial charge in [0, 0.05) is 0 Å². The Hall–Kier alpha value is -1.74. The van der Waals surface area contributed by atoms with Crippen LogP contribution in [0.2, 0.25) is 0 Å². The predicted octanol–water partition coefficient (Wildman–Crippen LogP) is 2.46. The molecule has 0 atom stereocenters. The number of carbonyl (C=O) groups is 6. The fourth-order valence-electron chi connectivity index (χ4n) is 1.35. The van der Waals surface area contributed by atoms with Crippen molar-refractivity contribution in [1.82, 2.24) is 0 Å². The Kier molecular flexibility index (Phi) is 34.4. The normalized spacial score (nSPS) is 8.56. The van der Waals surface area contributed by atoms with Gasteiger partial charge in [-0.2, -0.15) is 0 Å². The van der Waals surface area contributed by atoms with E-state index >= 15 is 0 Å². The number of hydrogen-bond acceptors (Lipinski definition) is 10. The van der Waals surface area contributed by atoms with E-state index in [-0.39, 0.29) is 36.6 Å². The van der Waals surface area contributed by atoms with E-state index in [1.807, 2.05) is 0 Å². The van der Waals surface area contributed by atoms with Crippen LogP contribution in [0.3, 0.4) is 0 Å². The molecule has 0 N–H and O–H groups in total. The van der Waals surface area contributed by atoms with E-state index in [0.717, 1.165) is 13.0 Å². The zero-order valence-electron chi connectivity index (χ0n) is 20.2. The summed E-state index contributed by atoms with van der Waals surface area (Å²) in [5.74, 6) is -1.80. The second-order valence-corrected chi connectivity index (χ2v) is 6.61. The van der Waals surface area contributed by atoms with Gasteiger partial charge in [0.05, 0.1) is 19.8 Å². The van der Waals surface area contributed by atoms with Crippen LogP contribution in [0, 0.1) is 0 Å². The molecule has 0 aromatic rings. The molecule has 0 heterocycles. The fourth-order valence-corrected chi connectivity index (χ4v) is 1.85. The summed E-state index contributed by atoms with van der Waals surface area (Å²) in [6.07, 6.45) is 0.834. The van der Waals surface area contributed by atoms with Crippen LogP contribution in [0.5, 0.6) is 0 Å². The molecule has 0 aliphatic heterocycles. The quantitative estimate of drug-likeness (QED) is 0.218. The molecule has 0 aliphatic rings. The minimum absolute atomic E-state index is 0.103. The maximum Gasteiger partial charge on any atom is 0.313 e. The van der Waals surface area contributed by atoms with Crippen LogP contribution in [0.1, 0.15) is 74.1 Å². The Morgan fingerprint density at radius 2 is 0.812 bits per heavy atom. The summed E-state index contributed by atoms with van der Waals surface area (Å²) >= 11 is 1.18. The molecule has 0 radical (unpaired) electrons. The van der Waals surface area contributed by atoms with E-state index in [9.17, 15) is 28.8 Å². The van der Waals surface area contributed by atoms with E-state index in [2.05, 4.69) is 21.1 Å². The summed E-state index contributed by atoms with van der Waals surface area (Å²) in [5.41, 5.74) is 0. The average Bonchev–Trinajstić information content (AvgIpc) is 2.62. The van der Waals surface area contributed by atoms with E-state index in [1.54, 1.807) is 20.8 Å². The van der Waals surface area contributed by atoms with Gasteiger partial charge in [0.2, 0.25) is 0 Å². The number of ketones is 3. The summed E-state index contributed by atoms with van der Waals surface area (Å²) in [5, 5.41) is 0. The third kappa shape index (κ3) is 46.5. The summed E-state index contributed by atoms with van der Waals surface area (Å²) in [6, 6.07) is 0. The van der Waals surface area contributed by atoms with E-state index < -0.39 is 17.9 Å². The molecule has 11 heteroatoms. The third-order valence-electron chi connectivity index (χ3n) is 2.40. The summed E-state index contributed by atoms with van der Waals surface area (Å²) in [4.78, 5) is 61.9. The van der Waals surface area contributed by atoms with Crippen LogP contribution in [-0.4, -0.2) is 61.7 Å². The molecular weight excluding hydrogens is 503 g/mol. The molecule has 0 fully saturated rings. The van der Waals surface area contributed by atoms with Gasteiger partial charge in [0.1, 0.15) is 36.6 Å². The first-order chi connectivity index (χ1) is 14.9. The van der Waals surface area contributed by atoms with E-state index in [1.165, 1.54) is 45.9 Å². The predicted molar refractivity (Wildman–Crippen MR) is 112 cm³/mol. The van der Waals surface area contributed by atoms with Crippen molar-refractivity contribution in [2.24, 2.45) is 0 Å². The van der Waals surface area contributed by atoms with E-state index in [0.29, 0.717) is 19.8 Å². The molecule has 0 aliphatic carbocycles. The van der Waals surface area contributed by atoms with Gasteiger partial charge in [0.25, 0.3) is 0 Å². The Bertz CT molecular complexity index is 473. The summed E-state index contributed by atoms with van der Waals surface area (Å²) < 4.78 is 18.3. The molecule has 0 rings (SSSR count).